The number of carbonyl (C=O) groups is 2. The molecule has 0 fully saturated rings. The van der Waals surface area contributed by atoms with E-state index in [-0.39, 0.29) is 11.7 Å². The van der Waals surface area contributed by atoms with E-state index in [1.807, 2.05) is 13.0 Å². The molecular formula is C24H21BrN2O5. The Hall–Kier alpha value is -3.65. The Labute approximate surface area is 194 Å². The summed E-state index contributed by atoms with van der Waals surface area (Å²) in [7, 11) is 1.55. The second-order valence-corrected chi connectivity index (χ2v) is 7.38. The first kappa shape index (κ1) is 23.0. The van der Waals surface area contributed by atoms with Gasteiger partial charge >= 0.3 is 5.97 Å². The van der Waals surface area contributed by atoms with Gasteiger partial charge in [0.2, 0.25) is 0 Å². The molecular weight excluding hydrogens is 476 g/mol. The number of nitrogens with zero attached hydrogens (tertiary/aromatic N) is 1. The van der Waals surface area contributed by atoms with Gasteiger partial charge in [-0.05, 0) is 73.2 Å². The second-order valence-electron chi connectivity index (χ2n) is 6.47. The van der Waals surface area contributed by atoms with Gasteiger partial charge in [0.05, 0.1) is 25.5 Å². The lowest BCUT2D eigenvalue weighted by molar-refractivity contribution is 0.0728. The predicted octanol–water partition coefficient (Wildman–Crippen LogP) is 4.84. The molecule has 0 saturated heterocycles. The normalized spacial score (nSPS) is 10.6. The number of halogens is 1. The minimum Gasteiger partial charge on any atom is -0.497 e. The van der Waals surface area contributed by atoms with Crippen LogP contribution in [0.4, 0.5) is 0 Å². The first-order valence-electron chi connectivity index (χ1n) is 9.72. The van der Waals surface area contributed by atoms with E-state index in [1.165, 1.54) is 6.21 Å². The van der Waals surface area contributed by atoms with Gasteiger partial charge in [0.15, 0.2) is 11.5 Å². The number of rotatable bonds is 8. The molecule has 0 aliphatic carbocycles. The maximum atomic E-state index is 12.5. The number of hydrogen-bond acceptors (Lipinski definition) is 6. The molecule has 3 rings (SSSR count). The molecule has 164 valence electrons. The second kappa shape index (κ2) is 11.1. The maximum absolute atomic E-state index is 12.5. The summed E-state index contributed by atoms with van der Waals surface area (Å²) < 4.78 is 17.0. The third-order valence-corrected chi connectivity index (χ3v) is 4.76. The number of hydrogen-bond donors (Lipinski definition) is 1. The number of methoxy groups -OCH3 is 1. The van der Waals surface area contributed by atoms with Crippen LogP contribution < -0.4 is 19.6 Å². The van der Waals surface area contributed by atoms with Gasteiger partial charge in [0.25, 0.3) is 5.91 Å². The van der Waals surface area contributed by atoms with Gasteiger partial charge < -0.3 is 14.2 Å². The summed E-state index contributed by atoms with van der Waals surface area (Å²) in [5.41, 5.74) is 4.00. The van der Waals surface area contributed by atoms with Crippen LogP contribution in [-0.2, 0) is 0 Å². The summed E-state index contributed by atoms with van der Waals surface area (Å²) in [4.78, 5) is 24.6. The molecule has 7 nitrogen and oxygen atoms in total. The molecule has 0 heterocycles. The van der Waals surface area contributed by atoms with E-state index in [1.54, 1.807) is 67.8 Å². The number of carbonyl (C=O) groups excluding carboxylic acids is 2. The molecule has 1 amide bonds. The molecule has 32 heavy (non-hydrogen) atoms. The summed E-state index contributed by atoms with van der Waals surface area (Å²) >= 11 is 3.33. The molecule has 0 aromatic heterocycles. The van der Waals surface area contributed by atoms with Crippen LogP contribution in [0, 0.1) is 0 Å². The highest BCUT2D eigenvalue weighted by Gasteiger charge is 2.13. The molecule has 0 aliphatic rings. The first-order chi connectivity index (χ1) is 15.5. The molecule has 0 aliphatic heterocycles. The van der Waals surface area contributed by atoms with Crippen LogP contribution in [0.1, 0.15) is 33.2 Å². The van der Waals surface area contributed by atoms with Crippen LogP contribution in [-0.4, -0.2) is 31.8 Å². The topological polar surface area (TPSA) is 86.2 Å². The number of ether oxygens (including phenoxy) is 3. The number of benzene rings is 3. The quantitative estimate of drug-likeness (QED) is 0.208. The van der Waals surface area contributed by atoms with Crippen LogP contribution in [0.5, 0.6) is 17.2 Å². The smallest absolute Gasteiger partial charge is 0.343 e. The molecule has 0 saturated carbocycles. The molecule has 0 unspecified atom stereocenters. The van der Waals surface area contributed by atoms with Crippen molar-refractivity contribution in [2.24, 2.45) is 5.10 Å². The Morgan fingerprint density at radius 2 is 1.78 bits per heavy atom. The highest BCUT2D eigenvalue weighted by Crippen LogP contribution is 2.29. The minimum atomic E-state index is -0.517. The van der Waals surface area contributed by atoms with E-state index in [9.17, 15) is 9.59 Å². The third-order valence-electron chi connectivity index (χ3n) is 4.26. The fraction of sp³-hybridized carbons (Fsp3) is 0.125. The summed E-state index contributed by atoms with van der Waals surface area (Å²) in [6.45, 7) is 2.21. The number of esters is 1. The van der Waals surface area contributed by atoms with E-state index in [0.29, 0.717) is 34.8 Å². The highest BCUT2D eigenvalue weighted by molar-refractivity contribution is 9.10. The van der Waals surface area contributed by atoms with Crippen molar-refractivity contribution >= 4 is 34.0 Å². The van der Waals surface area contributed by atoms with Crippen molar-refractivity contribution in [2.75, 3.05) is 13.7 Å². The zero-order valence-corrected chi connectivity index (χ0v) is 19.1. The van der Waals surface area contributed by atoms with Gasteiger partial charge in [-0.3, -0.25) is 4.79 Å². The van der Waals surface area contributed by atoms with Crippen molar-refractivity contribution in [1.82, 2.24) is 5.43 Å². The average molecular weight is 497 g/mol. The van der Waals surface area contributed by atoms with Crippen molar-refractivity contribution in [3.8, 4) is 17.2 Å². The lowest BCUT2D eigenvalue weighted by atomic mass is 10.2. The van der Waals surface area contributed by atoms with Crippen molar-refractivity contribution < 1.29 is 23.8 Å². The van der Waals surface area contributed by atoms with E-state index in [2.05, 4.69) is 26.5 Å². The van der Waals surface area contributed by atoms with Crippen LogP contribution >= 0.6 is 15.9 Å². The van der Waals surface area contributed by atoms with Crippen LogP contribution in [0.25, 0.3) is 0 Å². The van der Waals surface area contributed by atoms with E-state index < -0.39 is 5.97 Å². The van der Waals surface area contributed by atoms with E-state index >= 15 is 0 Å². The van der Waals surface area contributed by atoms with Gasteiger partial charge in [0.1, 0.15) is 5.75 Å². The predicted molar refractivity (Wildman–Crippen MR) is 125 cm³/mol. The van der Waals surface area contributed by atoms with Gasteiger partial charge in [-0.25, -0.2) is 10.2 Å². The molecule has 0 spiro atoms. The summed E-state index contributed by atoms with van der Waals surface area (Å²) in [6, 6.07) is 18.6. The third kappa shape index (κ3) is 6.18. The molecule has 0 atom stereocenters. The Morgan fingerprint density at radius 1 is 1.00 bits per heavy atom. The van der Waals surface area contributed by atoms with Gasteiger partial charge in [-0.1, -0.05) is 22.0 Å². The molecule has 0 radical (unpaired) electrons. The van der Waals surface area contributed by atoms with Crippen LogP contribution in [0.15, 0.2) is 76.3 Å². The van der Waals surface area contributed by atoms with E-state index in [0.717, 1.165) is 4.47 Å². The van der Waals surface area contributed by atoms with Gasteiger partial charge in [0, 0.05) is 10.0 Å². The van der Waals surface area contributed by atoms with E-state index in [4.69, 9.17) is 14.2 Å². The standard InChI is InChI=1S/C24H21BrN2O5/c1-3-31-22-13-16(15-26-27-23(28)18-5-4-6-19(25)14-18)7-12-21(22)32-24(29)17-8-10-20(30-2)11-9-17/h4-15H,3H2,1-2H3,(H,27,28). The number of amides is 1. The Morgan fingerprint density at radius 3 is 2.47 bits per heavy atom. The zero-order valence-electron chi connectivity index (χ0n) is 17.5. The Balaban J connectivity index is 1.69. The zero-order chi connectivity index (χ0) is 22.9. The minimum absolute atomic E-state index is 0.281. The molecule has 3 aromatic rings. The molecule has 1 N–H and O–H groups in total. The maximum Gasteiger partial charge on any atom is 0.343 e. The highest BCUT2D eigenvalue weighted by atomic mass is 79.9. The fourth-order valence-electron chi connectivity index (χ4n) is 2.70. The van der Waals surface area contributed by atoms with Crippen molar-refractivity contribution in [3.05, 3.63) is 87.9 Å². The lowest BCUT2D eigenvalue weighted by Gasteiger charge is -2.11. The van der Waals surface area contributed by atoms with Gasteiger partial charge in [-0.15, -0.1) is 0 Å². The van der Waals surface area contributed by atoms with Gasteiger partial charge in [-0.2, -0.15) is 5.10 Å². The Bertz CT molecular complexity index is 1130. The monoisotopic (exact) mass is 496 g/mol. The van der Waals surface area contributed by atoms with Crippen LogP contribution in [0.2, 0.25) is 0 Å². The SMILES string of the molecule is CCOc1cc(C=NNC(=O)c2cccc(Br)c2)ccc1OC(=O)c1ccc(OC)cc1. The Kier molecular flexibility index (Phi) is 7.99. The largest absolute Gasteiger partial charge is 0.497 e. The molecule has 3 aromatic carbocycles. The summed E-state index contributed by atoms with van der Waals surface area (Å²) in [5.74, 6) is 0.459. The van der Waals surface area contributed by atoms with Crippen molar-refractivity contribution in [1.29, 1.82) is 0 Å². The van der Waals surface area contributed by atoms with Crippen LogP contribution in [0.3, 0.4) is 0 Å². The molecule has 0 bridgehead atoms. The summed E-state index contributed by atoms with van der Waals surface area (Å²) in [6.07, 6.45) is 1.48. The summed E-state index contributed by atoms with van der Waals surface area (Å²) in [5, 5.41) is 3.99. The first-order valence-corrected chi connectivity index (χ1v) is 10.5. The fourth-order valence-corrected chi connectivity index (χ4v) is 3.10. The number of hydrazone groups is 1. The average Bonchev–Trinajstić information content (AvgIpc) is 2.80. The van der Waals surface area contributed by atoms with Crippen molar-refractivity contribution in [2.45, 2.75) is 6.92 Å². The number of nitrogens with one attached hydrogen (secondary N) is 1. The van der Waals surface area contributed by atoms with Crippen molar-refractivity contribution in [3.63, 3.8) is 0 Å². The molecule has 8 heteroatoms. The lowest BCUT2D eigenvalue weighted by Crippen LogP contribution is -2.17.